The summed E-state index contributed by atoms with van der Waals surface area (Å²) in [4.78, 5) is 30.6. The number of aromatic nitrogens is 1. The summed E-state index contributed by atoms with van der Waals surface area (Å²) in [5.74, 6) is -0.906. The smallest absolute Gasteiger partial charge is 0.263 e. The van der Waals surface area contributed by atoms with Crippen molar-refractivity contribution in [2.75, 3.05) is 16.6 Å². The molecule has 2 aromatic carbocycles. The van der Waals surface area contributed by atoms with Crippen molar-refractivity contribution in [3.8, 4) is 0 Å². The summed E-state index contributed by atoms with van der Waals surface area (Å²) < 4.78 is 27.2. The van der Waals surface area contributed by atoms with Gasteiger partial charge in [-0.15, -0.1) is 11.3 Å². The Morgan fingerprint density at radius 3 is 2.62 bits per heavy atom. The summed E-state index contributed by atoms with van der Waals surface area (Å²) in [6, 6.07) is 13.1. The van der Waals surface area contributed by atoms with Crippen LogP contribution in [0.3, 0.4) is 0 Å². The monoisotopic (exact) mass is 490 g/mol. The number of nitrogens with one attached hydrogen (secondary N) is 2. The standard InChI is InChI=1S/C21H19ClN4O4S2/c22-18-4-2-1-3-14(18)12-26-13-15(11-19(26)27)20(28)24-16-5-7-17(8-6-16)32(29,30)25-21-23-9-10-31-21/h1-10,15H,11-13H2,(H,23,25)(H,24,28). The average molecular weight is 491 g/mol. The van der Waals surface area contributed by atoms with E-state index in [4.69, 9.17) is 11.6 Å². The number of rotatable bonds is 7. The summed E-state index contributed by atoms with van der Waals surface area (Å²) in [5, 5.41) is 5.27. The van der Waals surface area contributed by atoms with Crippen LogP contribution in [0.2, 0.25) is 5.02 Å². The van der Waals surface area contributed by atoms with Crippen LogP contribution in [0.5, 0.6) is 0 Å². The van der Waals surface area contributed by atoms with Crippen LogP contribution in [0.1, 0.15) is 12.0 Å². The van der Waals surface area contributed by atoms with Gasteiger partial charge >= 0.3 is 0 Å². The molecule has 8 nitrogen and oxygen atoms in total. The van der Waals surface area contributed by atoms with Crippen LogP contribution in [0.15, 0.2) is 65.0 Å². The number of benzene rings is 2. The second kappa shape index (κ2) is 9.27. The number of halogens is 1. The Morgan fingerprint density at radius 1 is 1.19 bits per heavy atom. The number of carbonyl (C=O) groups excluding carboxylic acids is 2. The fraction of sp³-hybridized carbons (Fsp3) is 0.190. The van der Waals surface area contributed by atoms with Crippen LogP contribution < -0.4 is 10.0 Å². The van der Waals surface area contributed by atoms with Gasteiger partial charge in [-0.1, -0.05) is 29.8 Å². The second-order valence-corrected chi connectivity index (χ2v) is 10.2. The fourth-order valence-corrected chi connectivity index (χ4v) is 5.33. The lowest BCUT2D eigenvalue weighted by atomic mass is 10.1. The fourth-order valence-electron chi connectivity index (χ4n) is 3.34. The molecule has 0 radical (unpaired) electrons. The summed E-state index contributed by atoms with van der Waals surface area (Å²) in [7, 11) is -3.77. The van der Waals surface area contributed by atoms with Gasteiger partial charge in [-0.25, -0.2) is 13.4 Å². The van der Waals surface area contributed by atoms with Crippen molar-refractivity contribution in [3.63, 3.8) is 0 Å². The van der Waals surface area contributed by atoms with Crippen LogP contribution in [0.25, 0.3) is 0 Å². The molecular formula is C21H19ClN4O4S2. The van der Waals surface area contributed by atoms with Gasteiger partial charge < -0.3 is 10.2 Å². The topological polar surface area (TPSA) is 108 Å². The van der Waals surface area contributed by atoms with E-state index in [1.807, 2.05) is 18.2 Å². The zero-order valence-corrected chi connectivity index (χ0v) is 19.1. The summed E-state index contributed by atoms with van der Waals surface area (Å²) >= 11 is 7.35. The molecule has 4 rings (SSSR count). The number of anilines is 2. The summed E-state index contributed by atoms with van der Waals surface area (Å²) in [6.07, 6.45) is 1.62. The molecule has 0 bridgehead atoms. The van der Waals surface area contributed by atoms with E-state index in [2.05, 4.69) is 15.0 Å². The Bertz CT molecular complexity index is 1230. The Balaban J connectivity index is 1.37. The van der Waals surface area contributed by atoms with E-state index in [9.17, 15) is 18.0 Å². The molecule has 1 unspecified atom stereocenters. The zero-order valence-electron chi connectivity index (χ0n) is 16.7. The number of amides is 2. The van der Waals surface area contributed by atoms with Crippen molar-refractivity contribution in [1.82, 2.24) is 9.88 Å². The molecule has 1 aliphatic rings. The van der Waals surface area contributed by atoms with E-state index < -0.39 is 15.9 Å². The zero-order chi connectivity index (χ0) is 22.7. The third-order valence-electron chi connectivity index (χ3n) is 4.99. The van der Waals surface area contributed by atoms with Crippen molar-refractivity contribution in [2.45, 2.75) is 17.9 Å². The van der Waals surface area contributed by atoms with Gasteiger partial charge in [0.2, 0.25) is 11.8 Å². The second-order valence-electron chi connectivity index (χ2n) is 7.22. The molecule has 0 saturated carbocycles. The molecule has 1 saturated heterocycles. The molecule has 3 aromatic rings. The minimum absolute atomic E-state index is 0.0488. The number of nitrogens with zero attached hydrogens (tertiary/aromatic N) is 2. The predicted octanol–water partition coefficient (Wildman–Crippen LogP) is 3.58. The lowest BCUT2D eigenvalue weighted by Crippen LogP contribution is -2.28. The first-order valence-electron chi connectivity index (χ1n) is 9.66. The van der Waals surface area contributed by atoms with Crippen LogP contribution in [0.4, 0.5) is 10.8 Å². The van der Waals surface area contributed by atoms with E-state index in [1.54, 1.807) is 16.3 Å². The van der Waals surface area contributed by atoms with E-state index in [1.165, 1.54) is 41.8 Å². The minimum Gasteiger partial charge on any atom is -0.337 e. The number of hydrogen-bond donors (Lipinski definition) is 2. The van der Waals surface area contributed by atoms with Gasteiger partial charge in [0, 0.05) is 41.8 Å². The third-order valence-corrected chi connectivity index (χ3v) is 7.53. The van der Waals surface area contributed by atoms with Crippen LogP contribution in [-0.4, -0.2) is 36.7 Å². The molecule has 0 spiro atoms. The Kier molecular flexibility index (Phi) is 6.45. The molecular weight excluding hydrogens is 472 g/mol. The van der Waals surface area contributed by atoms with E-state index >= 15 is 0 Å². The van der Waals surface area contributed by atoms with Crippen molar-refractivity contribution in [3.05, 3.63) is 70.7 Å². The molecule has 0 aliphatic carbocycles. The predicted molar refractivity (Wildman–Crippen MR) is 123 cm³/mol. The summed E-state index contributed by atoms with van der Waals surface area (Å²) in [6.45, 7) is 0.640. The Labute approximate surface area is 194 Å². The minimum atomic E-state index is -3.77. The van der Waals surface area contributed by atoms with Crippen molar-refractivity contribution < 1.29 is 18.0 Å². The van der Waals surface area contributed by atoms with Gasteiger partial charge in [0.1, 0.15) is 0 Å². The number of thiazole rings is 1. The first kappa shape index (κ1) is 22.3. The highest BCUT2D eigenvalue weighted by molar-refractivity contribution is 7.93. The summed E-state index contributed by atoms with van der Waals surface area (Å²) in [5.41, 5.74) is 1.27. The maximum Gasteiger partial charge on any atom is 0.263 e. The maximum absolute atomic E-state index is 12.7. The molecule has 1 aromatic heterocycles. The largest absolute Gasteiger partial charge is 0.337 e. The highest BCUT2D eigenvalue weighted by atomic mass is 35.5. The van der Waals surface area contributed by atoms with Crippen LogP contribution in [0, 0.1) is 5.92 Å². The van der Waals surface area contributed by atoms with E-state index in [0.717, 1.165) is 5.56 Å². The molecule has 11 heteroatoms. The van der Waals surface area contributed by atoms with Crippen LogP contribution in [-0.2, 0) is 26.2 Å². The van der Waals surface area contributed by atoms with Gasteiger partial charge in [0.15, 0.2) is 5.13 Å². The normalized spacial score (nSPS) is 16.2. The third kappa shape index (κ3) is 5.09. The molecule has 1 aliphatic heterocycles. The van der Waals surface area contributed by atoms with Crippen molar-refractivity contribution >= 4 is 55.6 Å². The highest BCUT2D eigenvalue weighted by Gasteiger charge is 2.34. The number of likely N-dealkylation sites (tertiary alicyclic amines) is 1. The number of sulfonamides is 1. The molecule has 2 amide bonds. The average Bonchev–Trinajstić information content (AvgIpc) is 3.39. The molecule has 1 fully saturated rings. The van der Waals surface area contributed by atoms with Gasteiger partial charge in [-0.2, -0.15) is 0 Å². The van der Waals surface area contributed by atoms with Crippen LogP contribution >= 0.6 is 22.9 Å². The number of carbonyl (C=O) groups is 2. The lowest BCUT2D eigenvalue weighted by Gasteiger charge is -2.17. The first-order chi connectivity index (χ1) is 15.3. The van der Waals surface area contributed by atoms with E-state index in [0.29, 0.717) is 23.8 Å². The quantitative estimate of drug-likeness (QED) is 0.526. The maximum atomic E-state index is 12.7. The number of hydrogen-bond acceptors (Lipinski definition) is 6. The van der Waals surface area contributed by atoms with Gasteiger partial charge in [-0.3, -0.25) is 14.3 Å². The van der Waals surface area contributed by atoms with E-state index in [-0.39, 0.29) is 28.3 Å². The lowest BCUT2D eigenvalue weighted by molar-refractivity contribution is -0.128. The Morgan fingerprint density at radius 2 is 1.94 bits per heavy atom. The molecule has 32 heavy (non-hydrogen) atoms. The van der Waals surface area contributed by atoms with Gasteiger partial charge in [0.05, 0.1) is 10.8 Å². The molecule has 1 atom stereocenters. The van der Waals surface area contributed by atoms with Crippen molar-refractivity contribution in [1.29, 1.82) is 0 Å². The highest BCUT2D eigenvalue weighted by Crippen LogP contribution is 2.25. The van der Waals surface area contributed by atoms with Gasteiger partial charge in [0.25, 0.3) is 10.0 Å². The van der Waals surface area contributed by atoms with Crippen molar-refractivity contribution in [2.24, 2.45) is 5.92 Å². The molecule has 2 heterocycles. The molecule has 2 N–H and O–H groups in total. The first-order valence-corrected chi connectivity index (χ1v) is 12.4. The molecule has 166 valence electrons. The SMILES string of the molecule is O=C(Nc1ccc(S(=O)(=O)Nc2nccs2)cc1)C1CC(=O)N(Cc2ccccc2Cl)C1. The Hall–Kier alpha value is -2.95. The van der Waals surface area contributed by atoms with Gasteiger partial charge in [-0.05, 0) is 35.9 Å².